The minimum absolute atomic E-state index is 0.268. The maximum Gasteiger partial charge on any atom is 0.119 e. The van der Waals surface area contributed by atoms with Gasteiger partial charge in [0.2, 0.25) is 0 Å². The number of hydrogen-bond acceptors (Lipinski definition) is 2. The molecule has 0 amide bonds. The second-order valence-electron chi connectivity index (χ2n) is 6.01. The van der Waals surface area contributed by atoms with Gasteiger partial charge < -0.3 is 10.1 Å². The van der Waals surface area contributed by atoms with Crippen LogP contribution >= 0.6 is 0 Å². The van der Waals surface area contributed by atoms with Crippen molar-refractivity contribution in [2.24, 2.45) is 0 Å². The molecule has 1 N–H and O–H groups in total. The number of benzene rings is 2. The number of aryl methyl sites for hydroxylation is 3. The van der Waals surface area contributed by atoms with Gasteiger partial charge in [0.15, 0.2) is 0 Å². The van der Waals surface area contributed by atoms with Crippen LogP contribution in [0.25, 0.3) is 0 Å². The summed E-state index contributed by atoms with van der Waals surface area (Å²) >= 11 is 0. The predicted molar refractivity (Wildman–Crippen MR) is 87.2 cm³/mol. The average Bonchev–Trinajstić information content (AvgIpc) is 2.46. The molecule has 3 rings (SSSR count). The maximum absolute atomic E-state index is 5.42. The second-order valence-corrected chi connectivity index (χ2v) is 6.01. The largest absolute Gasteiger partial charge is 0.497 e. The molecule has 0 radical (unpaired) electrons. The van der Waals surface area contributed by atoms with Crippen LogP contribution in [0.5, 0.6) is 5.75 Å². The zero-order chi connectivity index (χ0) is 15.0. The van der Waals surface area contributed by atoms with Gasteiger partial charge in [-0.15, -0.1) is 0 Å². The third-order valence-electron chi connectivity index (χ3n) is 4.43. The molecule has 0 saturated heterocycles. The first-order chi connectivity index (χ1) is 10.1. The van der Waals surface area contributed by atoms with Crippen molar-refractivity contribution < 1.29 is 4.74 Å². The molecule has 2 nitrogen and oxygen atoms in total. The van der Waals surface area contributed by atoms with Crippen molar-refractivity contribution in [2.75, 3.05) is 13.7 Å². The van der Waals surface area contributed by atoms with Crippen LogP contribution < -0.4 is 10.1 Å². The molecule has 2 heteroatoms. The lowest BCUT2D eigenvalue weighted by atomic mass is 9.85. The van der Waals surface area contributed by atoms with Crippen LogP contribution in [0.3, 0.4) is 0 Å². The number of fused-ring (bicyclic) bond motifs is 1. The molecule has 0 aromatic heterocycles. The summed E-state index contributed by atoms with van der Waals surface area (Å²) in [6.45, 7) is 7.61. The topological polar surface area (TPSA) is 21.3 Å². The van der Waals surface area contributed by atoms with Gasteiger partial charge in [0.05, 0.1) is 13.2 Å². The van der Waals surface area contributed by atoms with Crippen LogP contribution in [0, 0.1) is 20.8 Å². The summed E-state index contributed by atoms with van der Waals surface area (Å²) in [6, 6.07) is 11.3. The molecule has 0 fully saturated rings. The highest BCUT2D eigenvalue weighted by Gasteiger charge is 2.24. The second kappa shape index (κ2) is 5.53. The van der Waals surface area contributed by atoms with Gasteiger partial charge in [-0.25, -0.2) is 0 Å². The molecule has 0 aliphatic carbocycles. The van der Waals surface area contributed by atoms with E-state index in [4.69, 9.17) is 4.74 Å². The van der Waals surface area contributed by atoms with E-state index in [0.717, 1.165) is 18.7 Å². The van der Waals surface area contributed by atoms with Gasteiger partial charge in [-0.2, -0.15) is 0 Å². The summed E-state index contributed by atoms with van der Waals surface area (Å²) in [7, 11) is 1.73. The summed E-state index contributed by atoms with van der Waals surface area (Å²) < 4.78 is 5.42. The molecular weight excluding hydrogens is 258 g/mol. The van der Waals surface area contributed by atoms with Gasteiger partial charge in [-0.05, 0) is 67.1 Å². The molecular formula is C19H23NO. The first-order valence-electron chi connectivity index (χ1n) is 7.58. The zero-order valence-electron chi connectivity index (χ0n) is 13.3. The van der Waals surface area contributed by atoms with Crippen molar-refractivity contribution in [2.45, 2.75) is 33.2 Å². The van der Waals surface area contributed by atoms with E-state index in [2.05, 4.69) is 56.4 Å². The molecule has 2 aromatic rings. The van der Waals surface area contributed by atoms with Crippen molar-refractivity contribution in [3.05, 3.63) is 63.7 Å². The Labute approximate surface area is 127 Å². The van der Waals surface area contributed by atoms with Crippen LogP contribution in [-0.4, -0.2) is 13.7 Å². The first-order valence-corrected chi connectivity index (χ1v) is 7.58. The van der Waals surface area contributed by atoms with Crippen LogP contribution in [0.4, 0.5) is 0 Å². The Morgan fingerprint density at radius 1 is 1.05 bits per heavy atom. The molecule has 0 spiro atoms. The Morgan fingerprint density at radius 2 is 1.76 bits per heavy atom. The lowest BCUT2D eigenvalue weighted by Crippen LogP contribution is -2.31. The highest BCUT2D eigenvalue weighted by molar-refractivity contribution is 5.49. The zero-order valence-corrected chi connectivity index (χ0v) is 13.3. The quantitative estimate of drug-likeness (QED) is 0.902. The predicted octanol–water partition coefficient (Wildman–Crippen LogP) is 3.86. The van der Waals surface area contributed by atoms with Crippen LogP contribution in [-0.2, 0) is 6.42 Å². The van der Waals surface area contributed by atoms with Crippen LogP contribution in [0.1, 0.15) is 39.4 Å². The van der Waals surface area contributed by atoms with Crippen LogP contribution in [0.15, 0.2) is 30.3 Å². The first kappa shape index (κ1) is 14.2. The van der Waals surface area contributed by atoms with E-state index in [1.165, 1.54) is 33.4 Å². The van der Waals surface area contributed by atoms with Gasteiger partial charge in [0.1, 0.15) is 5.75 Å². The number of methoxy groups -OCH3 is 1. The molecule has 0 saturated carbocycles. The average molecular weight is 281 g/mol. The van der Waals surface area contributed by atoms with Crippen molar-refractivity contribution >= 4 is 0 Å². The number of nitrogens with one attached hydrogen (secondary N) is 1. The van der Waals surface area contributed by atoms with Gasteiger partial charge in [-0.1, -0.05) is 23.8 Å². The monoisotopic (exact) mass is 281 g/mol. The fourth-order valence-corrected chi connectivity index (χ4v) is 3.56. The van der Waals surface area contributed by atoms with E-state index >= 15 is 0 Å². The SMILES string of the molecule is COc1ccc2c(c1)C(c1c(C)cc(C)cc1C)NCC2. The van der Waals surface area contributed by atoms with Crippen LogP contribution in [0.2, 0.25) is 0 Å². The van der Waals surface area contributed by atoms with Gasteiger partial charge >= 0.3 is 0 Å². The lowest BCUT2D eigenvalue weighted by Gasteiger charge is -2.30. The molecule has 110 valence electrons. The number of hydrogen-bond donors (Lipinski definition) is 1. The van der Waals surface area contributed by atoms with E-state index in [1.807, 2.05) is 0 Å². The Kier molecular flexibility index (Phi) is 3.73. The molecule has 1 unspecified atom stereocenters. The molecule has 1 aliphatic rings. The van der Waals surface area contributed by atoms with Crippen molar-refractivity contribution in [3.8, 4) is 5.75 Å². The normalized spacial score (nSPS) is 17.4. The minimum atomic E-state index is 0.268. The summed E-state index contributed by atoms with van der Waals surface area (Å²) in [5.41, 5.74) is 8.25. The summed E-state index contributed by atoms with van der Waals surface area (Å²) in [5.74, 6) is 0.935. The van der Waals surface area contributed by atoms with Crippen molar-refractivity contribution in [1.29, 1.82) is 0 Å². The Bertz CT molecular complexity index is 652. The van der Waals surface area contributed by atoms with Crippen molar-refractivity contribution in [3.63, 3.8) is 0 Å². The highest BCUT2D eigenvalue weighted by atomic mass is 16.5. The maximum atomic E-state index is 5.42. The van der Waals surface area contributed by atoms with Gasteiger partial charge in [-0.3, -0.25) is 0 Å². The van der Waals surface area contributed by atoms with E-state index in [9.17, 15) is 0 Å². The summed E-state index contributed by atoms with van der Waals surface area (Å²) in [4.78, 5) is 0. The fourth-order valence-electron chi connectivity index (χ4n) is 3.56. The standard InChI is InChI=1S/C19H23NO/c1-12-9-13(2)18(14(3)10-12)19-17-11-16(21-4)6-5-15(17)7-8-20-19/h5-6,9-11,19-20H,7-8H2,1-4H3. The molecule has 0 bridgehead atoms. The fraction of sp³-hybridized carbons (Fsp3) is 0.368. The minimum Gasteiger partial charge on any atom is -0.497 e. The van der Waals surface area contributed by atoms with E-state index in [0.29, 0.717) is 0 Å². The van der Waals surface area contributed by atoms with E-state index in [1.54, 1.807) is 7.11 Å². The van der Waals surface area contributed by atoms with E-state index in [-0.39, 0.29) is 6.04 Å². The molecule has 2 aromatic carbocycles. The third kappa shape index (κ3) is 2.56. The smallest absolute Gasteiger partial charge is 0.119 e. The molecule has 21 heavy (non-hydrogen) atoms. The highest BCUT2D eigenvalue weighted by Crippen LogP contribution is 2.34. The number of rotatable bonds is 2. The number of ether oxygens (including phenoxy) is 1. The third-order valence-corrected chi connectivity index (χ3v) is 4.43. The Morgan fingerprint density at radius 3 is 2.43 bits per heavy atom. The summed E-state index contributed by atoms with van der Waals surface area (Å²) in [6.07, 6.45) is 1.08. The van der Waals surface area contributed by atoms with Crippen molar-refractivity contribution in [1.82, 2.24) is 5.32 Å². The molecule has 1 heterocycles. The Hall–Kier alpha value is -1.80. The lowest BCUT2D eigenvalue weighted by molar-refractivity contribution is 0.412. The molecule has 1 aliphatic heterocycles. The Balaban J connectivity index is 2.14. The van der Waals surface area contributed by atoms with Gasteiger partial charge in [0, 0.05) is 6.54 Å². The van der Waals surface area contributed by atoms with E-state index < -0.39 is 0 Å². The molecule has 1 atom stereocenters. The summed E-state index contributed by atoms with van der Waals surface area (Å²) in [5, 5.41) is 3.69. The van der Waals surface area contributed by atoms with Gasteiger partial charge in [0.25, 0.3) is 0 Å².